The van der Waals surface area contributed by atoms with Crippen LogP contribution >= 0.6 is 0 Å². The minimum Gasteiger partial charge on any atom is -0.358 e. The molecule has 0 unspecified atom stereocenters. The van der Waals surface area contributed by atoms with Crippen LogP contribution in [0.1, 0.15) is 22.4 Å². The fraction of sp³-hybridized carbons (Fsp3) is 0.429. The molecule has 0 saturated carbocycles. The van der Waals surface area contributed by atoms with Crippen LogP contribution in [-0.4, -0.2) is 23.5 Å². The summed E-state index contributed by atoms with van der Waals surface area (Å²) < 4.78 is 0. The summed E-state index contributed by atoms with van der Waals surface area (Å²) >= 11 is 0. The third-order valence-corrected chi connectivity index (χ3v) is 3.93. The van der Waals surface area contributed by atoms with Crippen LogP contribution < -0.4 is 5.73 Å². The number of H-pyrrole nitrogens is 1. The first-order valence-electron chi connectivity index (χ1n) is 6.21. The monoisotopic (exact) mass is 229 g/mol. The molecule has 0 fully saturated rings. The van der Waals surface area contributed by atoms with Crippen LogP contribution in [0.2, 0.25) is 0 Å². The van der Waals surface area contributed by atoms with Gasteiger partial charge < -0.3 is 15.6 Å². The van der Waals surface area contributed by atoms with Gasteiger partial charge in [0, 0.05) is 42.7 Å². The van der Waals surface area contributed by atoms with Gasteiger partial charge in [-0.05, 0) is 30.7 Å². The summed E-state index contributed by atoms with van der Waals surface area (Å²) in [4.78, 5) is 5.97. The molecule has 1 aromatic heterocycles. The molecule has 17 heavy (non-hydrogen) atoms. The third kappa shape index (κ3) is 1.58. The SMILES string of the molecule is Cc1c(CN)ccc2c3c([nH]c12)CCN(C)C3. The average molecular weight is 229 g/mol. The van der Waals surface area contributed by atoms with E-state index in [4.69, 9.17) is 5.73 Å². The standard InChI is InChI=1S/C14H19N3/c1-9-10(7-15)3-4-11-12-8-17(2)6-5-13(12)16-14(9)11/h3-4,16H,5-8,15H2,1-2H3. The predicted molar refractivity (Wildman–Crippen MR) is 71.0 cm³/mol. The number of fused-ring (bicyclic) bond motifs is 3. The summed E-state index contributed by atoms with van der Waals surface area (Å²) in [5.41, 5.74) is 12.5. The quantitative estimate of drug-likeness (QED) is 0.784. The number of likely N-dealkylation sites (N-methyl/N-ethyl adjacent to an activating group) is 1. The number of hydrogen-bond donors (Lipinski definition) is 2. The molecule has 90 valence electrons. The molecule has 2 aromatic rings. The Morgan fingerprint density at radius 3 is 3.00 bits per heavy atom. The van der Waals surface area contributed by atoms with Crippen LogP contribution in [0.15, 0.2) is 12.1 Å². The molecule has 3 nitrogen and oxygen atoms in total. The van der Waals surface area contributed by atoms with Crippen molar-refractivity contribution in [1.29, 1.82) is 0 Å². The van der Waals surface area contributed by atoms with Crippen molar-refractivity contribution >= 4 is 10.9 Å². The number of nitrogens with one attached hydrogen (secondary N) is 1. The molecule has 1 aliphatic rings. The molecule has 3 heteroatoms. The zero-order valence-electron chi connectivity index (χ0n) is 10.5. The molecule has 0 saturated heterocycles. The summed E-state index contributed by atoms with van der Waals surface area (Å²) in [5.74, 6) is 0. The van der Waals surface area contributed by atoms with Gasteiger partial charge >= 0.3 is 0 Å². The van der Waals surface area contributed by atoms with Gasteiger partial charge in [0.05, 0.1) is 0 Å². The van der Waals surface area contributed by atoms with Gasteiger partial charge in [0.2, 0.25) is 0 Å². The molecule has 0 radical (unpaired) electrons. The van der Waals surface area contributed by atoms with Gasteiger partial charge in [-0.15, -0.1) is 0 Å². The zero-order chi connectivity index (χ0) is 12.0. The lowest BCUT2D eigenvalue weighted by atomic mass is 10.0. The van der Waals surface area contributed by atoms with Crippen molar-refractivity contribution in [2.24, 2.45) is 5.73 Å². The minimum absolute atomic E-state index is 0.616. The first-order valence-corrected chi connectivity index (χ1v) is 6.21. The number of rotatable bonds is 1. The van der Waals surface area contributed by atoms with E-state index in [1.807, 2.05) is 0 Å². The molecule has 3 rings (SSSR count). The van der Waals surface area contributed by atoms with Crippen molar-refractivity contribution < 1.29 is 0 Å². The van der Waals surface area contributed by atoms with Crippen LogP contribution in [0.5, 0.6) is 0 Å². The highest BCUT2D eigenvalue weighted by Crippen LogP contribution is 2.30. The number of aromatic amines is 1. The van der Waals surface area contributed by atoms with Gasteiger partial charge in [-0.1, -0.05) is 12.1 Å². The lowest BCUT2D eigenvalue weighted by Crippen LogP contribution is -2.25. The van der Waals surface area contributed by atoms with E-state index >= 15 is 0 Å². The Balaban J connectivity index is 2.24. The molecule has 1 aromatic carbocycles. The summed E-state index contributed by atoms with van der Waals surface area (Å²) in [6.45, 7) is 4.97. The van der Waals surface area contributed by atoms with Crippen LogP contribution in [0, 0.1) is 6.92 Å². The molecule has 0 spiro atoms. The van der Waals surface area contributed by atoms with Gasteiger partial charge in [-0.25, -0.2) is 0 Å². The largest absolute Gasteiger partial charge is 0.358 e. The maximum Gasteiger partial charge on any atom is 0.0492 e. The van der Waals surface area contributed by atoms with E-state index in [-0.39, 0.29) is 0 Å². The topological polar surface area (TPSA) is 45.1 Å². The molecular weight excluding hydrogens is 210 g/mol. The van der Waals surface area contributed by atoms with E-state index in [1.165, 1.54) is 33.3 Å². The second-order valence-corrected chi connectivity index (χ2v) is 5.05. The van der Waals surface area contributed by atoms with Crippen molar-refractivity contribution in [3.8, 4) is 0 Å². The maximum absolute atomic E-state index is 5.76. The summed E-state index contributed by atoms with van der Waals surface area (Å²) in [6.07, 6.45) is 1.12. The Bertz CT molecular complexity index is 568. The van der Waals surface area contributed by atoms with E-state index in [2.05, 4.69) is 36.0 Å². The molecule has 3 N–H and O–H groups in total. The first-order chi connectivity index (χ1) is 8.20. The van der Waals surface area contributed by atoms with Crippen molar-refractivity contribution in [1.82, 2.24) is 9.88 Å². The number of aromatic nitrogens is 1. The number of benzene rings is 1. The lowest BCUT2D eigenvalue weighted by molar-refractivity contribution is 0.313. The van der Waals surface area contributed by atoms with Crippen molar-refractivity contribution in [3.63, 3.8) is 0 Å². The molecule has 0 aliphatic carbocycles. The Morgan fingerprint density at radius 1 is 1.41 bits per heavy atom. The summed E-state index contributed by atoms with van der Waals surface area (Å²) in [6, 6.07) is 4.39. The minimum atomic E-state index is 0.616. The van der Waals surface area contributed by atoms with Gasteiger partial charge in [-0.3, -0.25) is 0 Å². The van der Waals surface area contributed by atoms with E-state index in [0.717, 1.165) is 19.5 Å². The van der Waals surface area contributed by atoms with E-state index in [0.29, 0.717) is 6.54 Å². The molecular formula is C14H19N3. The zero-order valence-corrected chi connectivity index (χ0v) is 10.5. The van der Waals surface area contributed by atoms with Gasteiger partial charge in [-0.2, -0.15) is 0 Å². The molecule has 1 aliphatic heterocycles. The highest BCUT2D eigenvalue weighted by atomic mass is 15.1. The number of nitrogens with two attached hydrogens (primary N) is 1. The van der Waals surface area contributed by atoms with Gasteiger partial charge in [0.25, 0.3) is 0 Å². The summed E-state index contributed by atoms with van der Waals surface area (Å²) in [5, 5.41) is 1.38. The maximum atomic E-state index is 5.76. The highest BCUT2D eigenvalue weighted by Gasteiger charge is 2.19. The Morgan fingerprint density at radius 2 is 2.24 bits per heavy atom. The third-order valence-electron chi connectivity index (χ3n) is 3.93. The number of aryl methyl sites for hydroxylation is 1. The van der Waals surface area contributed by atoms with Gasteiger partial charge in [0.15, 0.2) is 0 Å². The van der Waals surface area contributed by atoms with E-state index in [1.54, 1.807) is 0 Å². The Hall–Kier alpha value is -1.32. The second kappa shape index (κ2) is 3.86. The number of hydrogen-bond acceptors (Lipinski definition) is 2. The second-order valence-electron chi connectivity index (χ2n) is 5.05. The van der Waals surface area contributed by atoms with E-state index < -0.39 is 0 Å². The highest BCUT2D eigenvalue weighted by molar-refractivity contribution is 5.88. The smallest absolute Gasteiger partial charge is 0.0492 e. The Labute approximate surface area is 102 Å². The van der Waals surface area contributed by atoms with E-state index in [9.17, 15) is 0 Å². The van der Waals surface area contributed by atoms with Crippen molar-refractivity contribution in [2.75, 3.05) is 13.6 Å². The number of nitrogens with zero attached hydrogens (tertiary/aromatic N) is 1. The van der Waals surface area contributed by atoms with Crippen LogP contribution in [0.25, 0.3) is 10.9 Å². The fourth-order valence-corrected chi connectivity index (χ4v) is 2.82. The van der Waals surface area contributed by atoms with Gasteiger partial charge in [0.1, 0.15) is 0 Å². The van der Waals surface area contributed by atoms with Crippen LogP contribution in [0.4, 0.5) is 0 Å². The summed E-state index contributed by atoms with van der Waals surface area (Å²) in [7, 11) is 2.18. The molecule has 2 heterocycles. The molecule has 0 amide bonds. The fourth-order valence-electron chi connectivity index (χ4n) is 2.82. The first kappa shape index (κ1) is 10.8. The normalized spacial score (nSPS) is 16.4. The van der Waals surface area contributed by atoms with Crippen LogP contribution in [-0.2, 0) is 19.5 Å². The molecule has 0 bridgehead atoms. The average Bonchev–Trinajstić information content (AvgIpc) is 2.69. The molecule has 0 atom stereocenters. The lowest BCUT2D eigenvalue weighted by Gasteiger charge is -2.22. The van der Waals surface area contributed by atoms with Crippen LogP contribution in [0.3, 0.4) is 0 Å². The van der Waals surface area contributed by atoms with Crippen molar-refractivity contribution in [3.05, 3.63) is 34.5 Å². The van der Waals surface area contributed by atoms with Crippen molar-refractivity contribution in [2.45, 2.75) is 26.4 Å². The predicted octanol–water partition coefficient (Wildman–Crippen LogP) is 1.92. The Kier molecular flexibility index (Phi) is 2.45.